The molecule has 0 radical (unpaired) electrons. The summed E-state index contributed by atoms with van der Waals surface area (Å²) >= 11 is 5.77. The van der Waals surface area contributed by atoms with Gasteiger partial charge in [0.1, 0.15) is 12.4 Å². The number of ether oxygens (including phenoxy) is 1. The molecule has 1 aliphatic rings. The van der Waals surface area contributed by atoms with E-state index in [2.05, 4.69) is 4.90 Å². The smallest absolute Gasteiger partial charge is 0.119 e. The summed E-state index contributed by atoms with van der Waals surface area (Å²) < 4.78 is 5.57. The summed E-state index contributed by atoms with van der Waals surface area (Å²) in [4.78, 5) is 2.27. The second-order valence-electron chi connectivity index (χ2n) is 4.11. The number of likely N-dealkylation sites (tertiary alicyclic amines) is 1. The first-order valence-corrected chi connectivity index (χ1v) is 5.87. The van der Waals surface area contributed by atoms with E-state index >= 15 is 0 Å². The zero-order valence-corrected chi connectivity index (χ0v) is 9.86. The monoisotopic (exact) mass is 241 g/mol. The van der Waals surface area contributed by atoms with Gasteiger partial charge in [0.25, 0.3) is 0 Å². The summed E-state index contributed by atoms with van der Waals surface area (Å²) in [7, 11) is 0. The lowest BCUT2D eigenvalue weighted by molar-refractivity contribution is 0.0439. The zero-order chi connectivity index (χ0) is 11.4. The molecule has 0 atom stereocenters. The van der Waals surface area contributed by atoms with E-state index in [9.17, 15) is 0 Å². The topological polar surface area (TPSA) is 32.7 Å². The van der Waals surface area contributed by atoms with Crippen molar-refractivity contribution in [2.45, 2.75) is 0 Å². The SMILES string of the molecule is OCC1CN(CCOc2ccc(Cl)cc2)C1. The Balaban J connectivity index is 1.63. The summed E-state index contributed by atoms with van der Waals surface area (Å²) in [6.45, 7) is 3.87. The van der Waals surface area contributed by atoms with E-state index in [4.69, 9.17) is 21.4 Å². The lowest BCUT2D eigenvalue weighted by Gasteiger charge is -2.37. The van der Waals surface area contributed by atoms with Crippen LogP contribution < -0.4 is 4.74 Å². The Kier molecular flexibility index (Phi) is 4.04. The van der Waals surface area contributed by atoms with Crippen molar-refractivity contribution in [3.63, 3.8) is 0 Å². The molecule has 1 aromatic carbocycles. The first kappa shape index (κ1) is 11.7. The average molecular weight is 242 g/mol. The first-order valence-electron chi connectivity index (χ1n) is 5.49. The molecule has 16 heavy (non-hydrogen) atoms. The maximum absolute atomic E-state index is 8.86. The van der Waals surface area contributed by atoms with E-state index < -0.39 is 0 Å². The highest BCUT2D eigenvalue weighted by Gasteiger charge is 2.24. The summed E-state index contributed by atoms with van der Waals surface area (Å²) in [5, 5.41) is 9.59. The highest BCUT2D eigenvalue weighted by Crippen LogP contribution is 2.16. The largest absolute Gasteiger partial charge is 0.492 e. The van der Waals surface area contributed by atoms with Crippen LogP contribution in [0.5, 0.6) is 5.75 Å². The molecule has 2 rings (SSSR count). The first-order chi connectivity index (χ1) is 7.78. The van der Waals surface area contributed by atoms with Crippen molar-refractivity contribution >= 4 is 11.6 Å². The molecule has 1 N–H and O–H groups in total. The van der Waals surface area contributed by atoms with Gasteiger partial charge in [0.2, 0.25) is 0 Å². The summed E-state index contributed by atoms with van der Waals surface area (Å²) in [5.41, 5.74) is 0. The van der Waals surface area contributed by atoms with Gasteiger partial charge in [-0.05, 0) is 24.3 Å². The molecule has 0 aromatic heterocycles. The fourth-order valence-corrected chi connectivity index (χ4v) is 1.92. The molecule has 0 unspecified atom stereocenters. The lowest BCUT2D eigenvalue weighted by atomic mass is 10.0. The minimum Gasteiger partial charge on any atom is -0.492 e. The molecular formula is C12H16ClNO2. The number of nitrogens with zero attached hydrogens (tertiary/aromatic N) is 1. The fraction of sp³-hybridized carbons (Fsp3) is 0.500. The Morgan fingerprint density at radius 2 is 2.00 bits per heavy atom. The van der Waals surface area contributed by atoms with Crippen molar-refractivity contribution in [2.75, 3.05) is 32.8 Å². The molecule has 1 aromatic rings. The molecule has 1 heterocycles. The summed E-state index contributed by atoms with van der Waals surface area (Å²) in [6.07, 6.45) is 0. The predicted octanol–water partition coefficient (Wildman–Crippen LogP) is 1.64. The quantitative estimate of drug-likeness (QED) is 0.851. The third-order valence-electron chi connectivity index (χ3n) is 2.78. The number of rotatable bonds is 5. The molecule has 0 aliphatic carbocycles. The van der Waals surface area contributed by atoms with Crippen LogP contribution in [0, 0.1) is 5.92 Å². The molecule has 0 saturated carbocycles. The van der Waals surface area contributed by atoms with Gasteiger partial charge >= 0.3 is 0 Å². The summed E-state index contributed by atoms with van der Waals surface area (Å²) in [5.74, 6) is 1.32. The second kappa shape index (κ2) is 5.53. The van der Waals surface area contributed by atoms with E-state index in [0.717, 1.165) is 30.4 Å². The van der Waals surface area contributed by atoms with Crippen LogP contribution in [0.15, 0.2) is 24.3 Å². The summed E-state index contributed by atoms with van der Waals surface area (Å²) in [6, 6.07) is 7.38. The molecule has 0 spiro atoms. The molecular weight excluding hydrogens is 226 g/mol. The Morgan fingerprint density at radius 3 is 2.62 bits per heavy atom. The van der Waals surface area contributed by atoms with Gasteiger partial charge in [0.05, 0.1) is 0 Å². The van der Waals surface area contributed by atoms with Crippen molar-refractivity contribution in [1.29, 1.82) is 0 Å². The maximum atomic E-state index is 8.86. The molecule has 88 valence electrons. The van der Waals surface area contributed by atoms with Gasteiger partial charge in [-0.2, -0.15) is 0 Å². The highest BCUT2D eigenvalue weighted by atomic mass is 35.5. The number of benzene rings is 1. The van der Waals surface area contributed by atoms with Crippen LogP contribution in [0.3, 0.4) is 0 Å². The highest BCUT2D eigenvalue weighted by molar-refractivity contribution is 6.30. The normalized spacial score (nSPS) is 17.1. The van der Waals surface area contributed by atoms with Crippen molar-refractivity contribution in [3.8, 4) is 5.75 Å². The zero-order valence-electron chi connectivity index (χ0n) is 9.10. The Labute approximate surface area is 101 Å². The Morgan fingerprint density at radius 1 is 1.31 bits per heavy atom. The van der Waals surface area contributed by atoms with Crippen LogP contribution in [-0.4, -0.2) is 42.9 Å². The van der Waals surface area contributed by atoms with Gasteiger partial charge < -0.3 is 9.84 Å². The molecule has 4 heteroatoms. The molecule has 0 bridgehead atoms. The number of aliphatic hydroxyl groups is 1. The molecule has 0 amide bonds. The van der Waals surface area contributed by atoms with Crippen molar-refractivity contribution in [2.24, 2.45) is 5.92 Å². The number of aliphatic hydroxyl groups excluding tert-OH is 1. The minimum atomic E-state index is 0.300. The number of hydrogen-bond donors (Lipinski definition) is 1. The molecule has 1 fully saturated rings. The van der Waals surface area contributed by atoms with Gasteiger partial charge in [0, 0.05) is 37.2 Å². The van der Waals surface area contributed by atoms with E-state index in [0.29, 0.717) is 19.1 Å². The van der Waals surface area contributed by atoms with E-state index in [-0.39, 0.29) is 0 Å². The predicted molar refractivity (Wildman–Crippen MR) is 64.0 cm³/mol. The standard InChI is InChI=1S/C12H16ClNO2/c13-11-1-3-12(4-2-11)16-6-5-14-7-10(8-14)9-15/h1-4,10,15H,5-9H2. The van der Waals surface area contributed by atoms with Gasteiger partial charge in [0.15, 0.2) is 0 Å². The van der Waals surface area contributed by atoms with Crippen molar-refractivity contribution in [3.05, 3.63) is 29.3 Å². The van der Waals surface area contributed by atoms with E-state index in [1.54, 1.807) is 0 Å². The molecule has 1 saturated heterocycles. The van der Waals surface area contributed by atoms with Crippen LogP contribution in [0.4, 0.5) is 0 Å². The van der Waals surface area contributed by atoms with Crippen LogP contribution in [0.1, 0.15) is 0 Å². The van der Waals surface area contributed by atoms with Gasteiger partial charge in [-0.25, -0.2) is 0 Å². The number of halogens is 1. The average Bonchev–Trinajstić information content (AvgIpc) is 2.24. The number of hydrogen-bond acceptors (Lipinski definition) is 3. The minimum absolute atomic E-state index is 0.300. The van der Waals surface area contributed by atoms with Crippen LogP contribution in [0.2, 0.25) is 5.02 Å². The third-order valence-corrected chi connectivity index (χ3v) is 3.03. The fourth-order valence-electron chi connectivity index (χ4n) is 1.80. The van der Waals surface area contributed by atoms with Gasteiger partial charge in [-0.1, -0.05) is 11.6 Å². The Bertz CT molecular complexity index is 322. The molecule has 1 aliphatic heterocycles. The van der Waals surface area contributed by atoms with Crippen molar-refractivity contribution < 1.29 is 9.84 Å². The third kappa shape index (κ3) is 3.11. The van der Waals surface area contributed by atoms with E-state index in [1.165, 1.54) is 0 Å². The van der Waals surface area contributed by atoms with Gasteiger partial charge in [-0.3, -0.25) is 4.90 Å². The van der Waals surface area contributed by atoms with E-state index in [1.807, 2.05) is 24.3 Å². The lowest BCUT2D eigenvalue weighted by Crippen LogP contribution is -2.49. The van der Waals surface area contributed by atoms with Crippen molar-refractivity contribution in [1.82, 2.24) is 4.90 Å². The van der Waals surface area contributed by atoms with Crippen LogP contribution >= 0.6 is 11.6 Å². The molecule has 3 nitrogen and oxygen atoms in total. The van der Waals surface area contributed by atoms with Crippen LogP contribution in [0.25, 0.3) is 0 Å². The van der Waals surface area contributed by atoms with Gasteiger partial charge in [-0.15, -0.1) is 0 Å². The maximum Gasteiger partial charge on any atom is 0.119 e. The second-order valence-corrected chi connectivity index (χ2v) is 4.55. The Hall–Kier alpha value is -0.770. The van der Waals surface area contributed by atoms with Crippen LogP contribution in [-0.2, 0) is 0 Å².